The molecule has 0 aromatic heterocycles. The number of amides is 1. The van der Waals surface area contributed by atoms with Crippen molar-refractivity contribution in [1.29, 1.82) is 0 Å². The van der Waals surface area contributed by atoms with Gasteiger partial charge in [0.05, 0.1) is 0 Å². The first-order valence-corrected chi connectivity index (χ1v) is 7.27. The third kappa shape index (κ3) is 4.72. The Balaban J connectivity index is 1.69. The summed E-state index contributed by atoms with van der Waals surface area (Å²) < 4.78 is 0. The summed E-state index contributed by atoms with van der Waals surface area (Å²) in [4.78, 5) is 11.9. The molecule has 0 heterocycles. The molecule has 0 saturated carbocycles. The summed E-state index contributed by atoms with van der Waals surface area (Å²) in [5.74, 6) is -0.0207. The van der Waals surface area contributed by atoms with E-state index >= 15 is 0 Å². The molecule has 0 aliphatic heterocycles. The van der Waals surface area contributed by atoms with Gasteiger partial charge < -0.3 is 10.6 Å². The maximum atomic E-state index is 11.9. The van der Waals surface area contributed by atoms with Gasteiger partial charge >= 0.3 is 0 Å². The van der Waals surface area contributed by atoms with Crippen molar-refractivity contribution in [2.75, 3.05) is 13.1 Å². The van der Waals surface area contributed by atoms with Crippen LogP contribution in [0.2, 0.25) is 0 Å². The molecule has 1 amide bonds. The molecule has 2 aromatic rings. The number of nitrogens with one attached hydrogen (secondary N) is 2. The Morgan fingerprint density at radius 3 is 2.38 bits per heavy atom. The second kappa shape index (κ2) is 7.60. The van der Waals surface area contributed by atoms with Crippen molar-refractivity contribution in [3.8, 4) is 0 Å². The average molecular weight is 282 g/mol. The zero-order valence-electron chi connectivity index (χ0n) is 12.6. The number of carbonyl (C=O) groups excluding carboxylic acids is 1. The third-order valence-electron chi connectivity index (χ3n) is 3.48. The molecule has 0 fully saturated rings. The van der Waals surface area contributed by atoms with Crippen molar-refractivity contribution in [3.63, 3.8) is 0 Å². The van der Waals surface area contributed by atoms with Crippen LogP contribution >= 0.6 is 0 Å². The highest BCUT2D eigenvalue weighted by Gasteiger charge is 2.03. The highest BCUT2D eigenvalue weighted by molar-refractivity contribution is 5.94. The number of aryl methyl sites for hydroxylation is 2. The smallest absolute Gasteiger partial charge is 0.251 e. The topological polar surface area (TPSA) is 41.1 Å². The minimum Gasteiger partial charge on any atom is -0.351 e. The summed E-state index contributed by atoms with van der Waals surface area (Å²) in [5.41, 5.74) is 4.45. The Labute approximate surface area is 126 Å². The molecule has 2 rings (SSSR count). The van der Waals surface area contributed by atoms with E-state index in [4.69, 9.17) is 0 Å². The van der Waals surface area contributed by atoms with E-state index in [0.717, 1.165) is 18.7 Å². The number of hydrogen-bond acceptors (Lipinski definition) is 2. The predicted octanol–water partition coefficient (Wildman–Crippen LogP) is 2.82. The molecule has 3 nitrogen and oxygen atoms in total. The summed E-state index contributed by atoms with van der Waals surface area (Å²) >= 11 is 0. The molecular formula is C18H22N2O. The van der Waals surface area contributed by atoms with E-state index in [9.17, 15) is 4.79 Å². The number of benzene rings is 2. The molecule has 2 aromatic carbocycles. The van der Waals surface area contributed by atoms with Crippen molar-refractivity contribution >= 4 is 5.91 Å². The van der Waals surface area contributed by atoms with Crippen LogP contribution in [0.15, 0.2) is 48.5 Å². The van der Waals surface area contributed by atoms with Crippen LogP contribution < -0.4 is 10.6 Å². The van der Waals surface area contributed by atoms with Crippen molar-refractivity contribution in [1.82, 2.24) is 10.6 Å². The van der Waals surface area contributed by atoms with Crippen LogP contribution in [-0.4, -0.2) is 19.0 Å². The van der Waals surface area contributed by atoms with Crippen LogP contribution in [0.5, 0.6) is 0 Å². The van der Waals surface area contributed by atoms with Gasteiger partial charge in [0.2, 0.25) is 0 Å². The SMILES string of the molecule is Cc1ccc(C(=O)NCCNCc2ccccc2C)cc1. The monoisotopic (exact) mass is 282 g/mol. The molecule has 0 unspecified atom stereocenters. The largest absolute Gasteiger partial charge is 0.351 e. The Kier molecular flexibility index (Phi) is 5.52. The molecule has 0 bridgehead atoms. The molecule has 0 saturated heterocycles. The molecule has 0 spiro atoms. The molecule has 0 aliphatic rings. The zero-order valence-corrected chi connectivity index (χ0v) is 12.6. The van der Waals surface area contributed by atoms with Crippen LogP contribution in [-0.2, 0) is 6.54 Å². The van der Waals surface area contributed by atoms with Gasteiger partial charge in [-0.05, 0) is 37.1 Å². The Morgan fingerprint density at radius 1 is 0.952 bits per heavy atom. The quantitative estimate of drug-likeness (QED) is 0.800. The van der Waals surface area contributed by atoms with Gasteiger partial charge in [-0.3, -0.25) is 4.79 Å². The van der Waals surface area contributed by atoms with Crippen molar-refractivity contribution < 1.29 is 4.79 Å². The van der Waals surface area contributed by atoms with Crippen LogP contribution in [0.4, 0.5) is 0 Å². The minimum atomic E-state index is -0.0207. The van der Waals surface area contributed by atoms with Gasteiger partial charge in [0, 0.05) is 25.2 Å². The van der Waals surface area contributed by atoms with E-state index in [-0.39, 0.29) is 5.91 Å². The number of carbonyl (C=O) groups is 1. The van der Waals surface area contributed by atoms with Gasteiger partial charge in [0.25, 0.3) is 5.91 Å². The van der Waals surface area contributed by atoms with Crippen molar-refractivity contribution in [2.24, 2.45) is 0 Å². The maximum Gasteiger partial charge on any atom is 0.251 e. The summed E-state index contributed by atoms with van der Waals surface area (Å²) in [6.07, 6.45) is 0. The normalized spacial score (nSPS) is 10.4. The van der Waals surface area contributed by atoms with E-state index in [1.165, 1.54) is 11.1 Å². The second-order valence-electron chi connectivity index (χ2n) is 5.23. The van der Waals surface area contributed by atoms with Crippen LogP contribution in [0.3, 0.4) is 0 Å². The molecular weight excluding hydrogens is 260 g/mol. The van der Waals surface area contributed by atoms with E-state index in [2.05, 4.69) is 29.7 Å². The Bertz CT molecular complexity index is 590. The molecule has 0 radical (unpaired) electrons. The van der Waals surface area contributed by atoms with E-state index < -0.39 is 0 Å². The first-order valence-electron chi connectivity index (χ1n) is 7.27. The molecule has 3 heteroatoms. The molecule has 110 valence electrons. The lowest BCUT2D eigenvalue weighted by Crippen LogP contribution is -2.31. The van der Waals surface area contributed by atoms with E-state index in [0.29, 0.717) is 12.1 Å². The standard InChI is InChI=1S/C18H22N2O/c1-14-7-9-16(10-8-14)18(21)20-12-11-19-13-17-6-4-3-5-15(17)2/h3-10,19H,11-13H2,1-2H3,(H,20,21). The number of hydrogen-bond donors (Lipinski definition) is 2. The first kappa shape index (κ1) is 15.3. The van der Waals surface area contributed by atoms with Crippen LogP contribution in [0.25, 0.3) is 0 Å². The number of rotatable bonds is 6. The summed E-state index contributed by atoms with van der Waals surface area (Å²) in [7, 11) is 0. The van der Waals surface area contributed by atoms with E-state index in [1.54, 1.807) is 0 Å². The molecule has 21 heavy (non-hydrogen) atoms. The fourth-order valence-electron chi connectivity index (χ4n) is 2.10. The predicted molar refractivity (Wildman–Crippen MR) is 86.4 cm³/mol. The highest BCUT2D eigenvalue weighted by atomic mass is 16.1. The van der Waals surface area contributed by atoms with Gasteiger partial charge in [0.1, 0.15) is 0 Å². The van der Waals surface area contributed by atoms with Gasteiger partial charge in [-0.15, -0.1) is 0 Å². The molecule has 2 N–H and O–H groups in total. The van der Waals surface area contributed by atoms with Gasteiger partial charge in [-0.2, -0.15) is 0 Å². The molecule has 0 aliphatic carbocycles. The maximum absolute atomic E-state index is 11.9. The van der Waals surface area contributed by atoms with Gasteiger partial charge in [0.15, 0.2) is 0 Å². The zero-order chi connectivity index (χ0) is 15.1. The highest BCUT2D eigenvalue weighted by Crippen LogP contribution is 2.05. The summed E-state index contributed by atoms with van der Waals surface area (Å²) in [6, 6.07) is 15.9. The van der Waals surface area contributed by atoms with E-state index in [1.807, 2.05) is 43.3 Å². The van der Waals surface area contributed by atoms with Crippen LogP contribution in [0, 0.1) is 13.8 Å². The lowest BCUT2D eigenvalue weighted by molar-refractivity contribution is 0.0954. The summed E-state index contributed by atoms with van der Waals surface area (Å²) in [5, 5.41) is 6.26. The molecule has 0 atom stereocenters. The average Bonchev–Trinajstić information content (AvgIpc) is 2.49. The fraction of sp³-hybridized carbons (Fsp3) is 0.278. The Morgan fingerprint density at radius 2 is 1.67 bits per heavy atom. The lowest BCUT2D eigenvalue weighted by Gasteiger charge is -2.09. The van der Waals surface area contributed by atoms with Gasteiger partial charge in [-0.1, -0.05) is 42.0 Å². The van der Waals surface area contributed by atoms with Crippen molar-refractivity contribution in [3.05, 3.63) is 70.8 Å². The van der Waals surface area contributed by atoms with Crippen molar-refractivity contribution in [2.45, 2.75) is 20.4 Å². The first-order chi connectivity index (χ1) is 10.2. The Hall–Kier alpha value is -2.13. The minimum absolute atomic E-state index is 0.0207. The fourth-order valence-corrected chi connectivity index (χ4v) is 2.10. The lowest BCUT2D eigenvalue weighted by atomic mass is 10.1. The summed E-state index contributed by atoms with van der Waals surface area (Å²) in [6.45, 7) is 6.32. The van der Waals surface area contributed by atoms with Crippen LogP contribution in [0.1, 0.15) is 27.0 Å². The second-order valence-corrected chi connectivity index (χ2v) is 5.23. The van der Waals surface area contributed by atoms with Gasteiger partial charge in [-0.25, -0.2) is 0 Å². The third-order valence-corrected chi connectivity index (χ3v) is 3.48.